The summed E-state index contributed by atoms with van der Waals surface area (Å²) in [5.41, 5.74) is 3.81. The highest BCUT2D eigenvalue weighted by atomic mass is 16.3. The van der Waals surface area contributed by atoms with Crippen LogP contribution in [-0.4, -0.2) is 20.4 Å². The monoisotopic (exact) mass is 448 g/mol. The highest BCUT2D eigenvalue weighted by Gasteiger charge is 2.14. The zero-order chi connectivity index (χ0) is 23.1. The van der Waals surface area contributed by atoms with Crippen LogP contribution < -0.4 is 10.9 Å². The van der Waals surface area contributed by atoms with E-state index in [1.807, 2.05) is 48.7 Å². The maximum Gasteiger partial charge on any atom is 0.291 e. The Kier molecular flexibility index (Phi) is 4.73. The molecular formula is C27H20N4O3. The molecule has 0 bridgehead atoms. The van der Waals surface area contributed by atoms with Crippen LogP contribution in [0.15, 0.2) is 94.5 Å². The van der Waals surface area contributed by atoms with Gasteiger partial charge in [0, 0.05) is 34.7 Å². The number of furan rings is 1. The zero-order valence-electron chi connectivity index (χ0n) is 18.1. The average molecular weight is 448 g/mol. The van der Waals surface area contributed by atoms with Gasteiger partial charge in [0.1, 0.15) is 5.58 Å². The molecule has 166 valence electrons. The Bertz CT molecular complexity index is 1710. The maximum absolute atomic E-state index is 13.2. The van der Waals surface area contributed by atoms with Gasteiger partial charge in [-0.1, -0.05) is 36.4 Å². The molecule has 0 aliphatic heterocycles. The molecule has 7 heteroatoms. The van der Waals surface area contributed by atoms with E-state index in [1.165, 1.54) is 0 Å². The summed E-state index contributed by atoms with van der Waals surface area (Å²) in [6.07, 6.45) is 4.25. The third-order valence-corrected chi connectivity index (χ3v) is 6.03. The summed E-state index contributed by atoms with van der Waals surface area (Å²) in [6.45, 7) is 0.499. The van der Waals surface area contributed by atoms with Crippen LogP contribution in [0.5, 0.6) is 0 Å². The number of carbonyl (C=O) groups is 1. The number of amides is 1. The summed E-state index contributed by atoms with van der Waals surface area (Å²) in [4.78, 5) is 33.6. The highest BCUT2D eigenvalue weighted by molar-refractivity contribution is 6.05. The summed E-state index contributed by atoms with van der Waals surface area (Å²) in [7, 11) is 0. The van der Waals surface area contributed by atoms with E-state index >= 15 is 0 Å². The van der Waals surface area contributed by atoms with Gasteiger partial charge in [-0.05, 0) is 48.4 Å². The molecule has 0 saturated heterocycles. The second-order valence-electron chi connectivity index (χ2n) is 8.19. The first-order valence-electron chi connectivity index (χ1n) is 11.0. The van der Waals surface area contributed by atoms with Crippen molar-refractivity contribution in [3.63, 3.8) is 0 Å². The van der Waals surface area contributed by atoms with Crippen molar-refractivity contribution in [3.05, 3.63) is 107 Å². The molecule has 0 atom stereocenters. The fraction of sp³-hybridized carbons (Fsp3) is 0.0741. The number of aryl methyl sites for hydroxylation is 2. The number of carbonyl (C=O) groups excluding carboxylic acids is 1. The number of aromatic amines is 1. The first-order chi connectivity index (χ1) is 16.7. The lowest BCUT2D eigenvalue weighted by atomic mass is 10.1. The van der Waals surface area contributed by atoms with Gasteiger partial charge in [-0.15, -0.1) is 0 Å². The first-order valence-corrected chi connectivity index (χ1v) is 11.0. The molecule has 0 aliphatic carbocycles. The zero-order valence-corrected chi connectivity index (χ0v) is 18.1. The van der Waals surface area contributed by atoms with E-state index in [0.717, 1.165) is 21.9 Å². The summed E-state index contributed by atoms with van der Waals surface area (Å²) in [5, 5.41) is 5.28. The normalized spacial score (nSPS) is 11.4. The van der Waals surface area contributed by atoms with Crippen LogP contribution in [0.1, 0.15) is 16.1 Å². The molecule has 6 rings (SSSR count). The van der Waals surface area contributed by atoms with E-state index in [-0.39, 0.29) is 17.2 Å². The first kappa shape index (κ1) is 20.0. The number of nitrogens with one attached hydrogen (secondary N) is 2. The van der Waals surface area contributed by atoms with Gasteiger partial charge in [0.2, 0.25) is 0 Å². The maximum atomic E-state index is 13.2. The molecule has 3 heterocycles. The Morgan fingerprint density at radius 3 is 2.76 bits per heavy atom. The molecule has 0 saturated carbocycles. The second kappa shape index (κ2) is 8.04. The smallest absolute Gasteiger partial charge is 0.291 e. The molecule has 0 spiro atoms. The summed E-state index contributed by atoms with van der Waals surface area (Å²) in [5.74, 6) is -0.164. The van der Waals surface area contributed by atoms with Crippen molar-refractivity contribution < 1.29 is 9.21 Å². The summed E-state index contributed by atoms with van der Waals surface area (Å²) < 4.78 is 7.24. The Balaban J connectivity index is 1.26. The number of rotatable bonds is 5. The Hall–Kier alpha value is -4.65. The molecule has 0 fully saturated rings. The molecule has 1 amide bonds. The number of anilines is 1. The molecule has 7 nitrogen and oxygen atoms in total. The molecule has 2 N–H and O–H groups in total. The van der Waals surface area contributed by atoms with Crippen LogP contribution in [0.4, 0.5) is 5.69 Å². The van der Waals surface area contributed by atoms with Crippen LogP contribution in [0, 0.1) is 0 Å². The molecule has 3 aromatic heterocycles. The fourth-order valence-corrected chi connectivity index (χ4v) is 4.26. The van der Waals surface area contributed by atoms with Gasteiger partial charge in [0.25, 0.3) is 11.5 Å². The van der Waals surface area contributed by atoms with Crippen molar-refractivity contribution >= 4 is 44.4 Å². The fourth-order valence-electron chi connectivity index (χ4n) is 4.26. The molecule has 3 aromatic carbocycles. The minimum Gasteiger partial charge on any atom is -0.451 e. The lowest BCUT2D eigenvalue weighted by Gasteiger charge is -2.08. The topological polar surface area (TPSA) is 92.9 Å². The van der Waals surface area contributed by atoms with Gasteiger partial charge in [0.05, 0.1) is 17.2 Å². The van der Waals surface area contributed by atoms with Gasteiger partial charge >= 0.3 is 0 Å². The molecule has 0 aliphatic rings. The van der Waals surface area contributed by atoms with Crippen LogP contribution in [0.3, 0.4) is 0 Å². The third-order valence-electron chi connectivity index (χ3n) is 6.03. The highest BCUT2D eigenvalue weighted by Crippen LogP contribution is 2.21. The van der Waals surface area contributed by atoms with E-state index in [0.29, 0.717) is 35.1 Å². The number of para-hydroxylation sites is 2. The number of benzene rings is 3. The predicted octanol–water partition coefficient (Wildman–Crippen LogP) is 5.12. The van der Waals surface area contributed by atoms with Crippen LogP contribution in [0.2, 0.25) is 0 Å². The Labute approximate surface area is 193 Å². The van der Waals surface area contributed by atoms with Crippen LogP contribution in [-0.2, 0) is 13.0 Å². The molecule has 0 radical (unpaired) electrons. The second-order valence-corrected chi connectivity index (χ2v) is 8.19. The van der Waals surface area contributed by atoms with E-state index in [9.17, 15) is 9.59 Å². The van der Waals surface area contributed by atoms with E-state index in [4.69, 9.17) is 4.42 Å². The van der Waals surface area contributed by atoms with Crippen molar-refractivity contribution in [2.45, 2.75) is 13.0 Å². The molecular weight excluding hydrogens is 428 g/mol. The number of hydrogen-bond acceptors (Lipinski definition) is 4. The molecule has 34 heavy (non-hydrogen) atoms. The summed E-state index contributed by atoms with van der Waals surface area (Å²) >= 11 is 0. The summed E-state index contributed by atoms with van der Waals surface area (Å²) in [6, 6.07) is 22.4. The lowest BCUT2D eigenvalue weighted by molar-refractivity contribution is 0.0998. The van der Waals surface area contributed by atoms with Crippen molar-refractivity contribution in [2.24, 2.45) is 0 Å². The average Bonchev–Trinajstić information content (AvgIpc) is 3.48. The van der Waals surface area contributed by atoms with E-state index in [2.05, 4.69) is 21.4 Å². The SMILES string of the molecule is O=C(Nc1ccc2ncn(CCc3c[nH]c4ccccc34)c(=O)c2c1)c1cc2ccccc2o1. The van der Waals surface area contributed by atoms with Gasteiger partial charge in [-0.2, -0.15) is 0 Å². The minimum absolute atomic E-state index is 0.148. The number of fused-ring (bicyclic) bond motifs is 3. The van der Waals surface area contributed by atoms with Gasteiger partial charge in [-0.25, -0.2) is 4.98 Å². The third kappa shape index (κ3) is 3.53. The van der Waals surface area contributed by atoms with Crippen molar-refractivity contribution in [3.8, 4) is 0 Å². The van der Waals surface area contributed by atoms with E-state index in [1.54, 1.807) is 35.2 Å². The number of H-pyrrole nitrogens is 1. The number of hydrogen-bond donors (Lipinski definition) is 2. The molecule has 0 unspecified atom stereocenters. The van der Waals surface area contributed by atoms with Crippen molar-refractivity contribution in [1.82, 2.24) is 14.5 Å². The number of nitrogens with zero attached hydrogens (tertiary/aromatic N) is 2. The standard InChI is InChI=1S/C27H20N4O3/c32-26(25-13-17-5-1-4-8-24(17)34-25)30-19-9-10-23-21(14-19)27(33)31(16-29-23)12-11-18-15-28-22-7-3-2-6-20(18)22/h1-10,13-16,28H,11-12H2,(H,30,32). The van der Waals surface area contributed by atoms with Crippen molar-refractivity contribution in [2.75, 3.05) is 5.32 Å². The Morgan fingerprint density at radius 2 is 1.85 bits per heavy atom. The lowest BCUT2D eigenvalue weighted by Crippen LogP contribution is -2.22. The van der Waals surface area contributed by atoms with Crippen molar-refractivity contribution in [1.29, 1.82) is 0 Å². The quantitative estimate of drug-likeness (QED) is 0.383. The van der Waals surface area contributed by atoms with E-state index < -0.39 is 0 Å². The van der Waals surface area contributed by atoms with Crippen LogP contribution in [0.25, 0.3) is 32.8 Å². The predicted molar refractivity (Wildman–Crippen MR) is 132 cm³/mol. The Morgan fingerprint density at radius 1 is 1.00 bits per heavy atom. The molecule has 6 aromatic rings. The largest absolute Gasteiger partial charge is 0.451 e. The van der Waals surface area contributed by atoms with Gasteiger partial charge in [0.15, 0.2) is 5.76 Å². The van der Waals surface area contributed by atoms with Gasteiger partial charge < -0.3 is 14.7 Å². The minimum atomic E-state index is -0.376. The van der Waals surface area contributed by atoms with Crippen LogP contribution >= 0.6 is 0 Å². The van der Waals surface area contributed by atoms with Gasteiger partial charge in [-0.3, -0.25) is 14.2 Å². The number of aromatic nitrogens is 3.